The largest absolute Gasteiger partial charge is 0.437 e. The van der Waals surface area contributed by atoms with Crippen molar-refractivity contribution < 1.29 is 13.9 Å². The highest BCUT2D eigenvalue weighted by Crippen LogP contribution is 2.32. The lowest BCUT2D eigenvalue weighted by atomic mass is 9.93. The minimum absolute atomic E-state index is 0.292. The van der Waals surface area contributed by atoms with E-state index in [-0.39, 0.29) is 0 Å². The summed E-state index contributed by atoms with van der Waals surface area (Å²) in [6, 6.07) is 13.2. The van der Waals surface area contributed by atoms with E-state index in [1.807, 2.05) is 37.3 Å². The summed E-state index contributed by atoms with van der Waals surface area (Å²) in [4.78, 5) is 23.8. The molecule has 10 heteroatoms. The molecule has 2 aromatic carbocycles. The van der Waals surface area contributed by atoms with Crippen molar-refractivity contribution in [2.75, 3.05) is 5.32 Å². The van der Waals surface area contributed by atoms with Crippen LogP contribution in [0.15, 0.2) is 51.7 Å². The summed E-state index contributed by atoms with van der Waals surface area (Å²) in [5.41, 5.74) is 4.89. The molecule has 0 unspecified atom stereocenters. The van der Waals surface area contributed by atoms with Crippen molar-refractivity contribution in [1.82, 2.24) is 19.4 Å². The smallest absolute Gasteiger partial charge is 0.395 e. The van der Waals surface area contributed by atoms with E-state index in [1.165, 1.54) is 4.68 Å². The summed E-state index contributed by atoms with van der Waals surface area (Å²) in [5, 5.41) is 11.0. The zero-order chi connectivity index (χ0) is 22.0. The molecule has 0 radical (unpaired) electrons. The van der Waals surface area contributed by atoms with Gasteiger partial charge in [0.25, 0.3) is 0 Å². The molecule has 4 aromatic rings. The number of rotatable bonds is 5. The number of anilines is 1. The molecule has 1 N–H and O–H groups in total. The number of aromatic nitrogens is 4. The summed E-state index contributed by atoms with van der Waals surface area (Å²) in [5.74, 6) is -0.214. The van der Waals surface area contributed by atoms with Gasteiger partial charge in [-0.25, -0.2) is 9.59 Å². The minimum Gasteiger partial charge on any atom is -0.395 e. The molecular weight excluding hydrogens is 418 g/mol. The fraction of sp³-hybridized carbons (Fsp3) is 0.190. The van der Waals surface area contributed by atoms with Crippen molar-refractivity contribution in [2.45, 2.75) is 20.3 Å². The van der Waals surface area contributed by atoms with E-state index < -0.39 is 11.8 Å². The number of hydrogen-bond donors (Lipinski definition) is 1. The van der Waals surface area contributed by atoms with Crippen LogP contribution >= 0.6 is 11.5 Å². The van der Waals surface area contributed by atoms with Crippen molar-refractivity contribution in [1.29, 1.82) is 0 Å². The maximum atomic E-state index is 12.1. The first kappa shape index (κ1) is 20.5. The number of hydrogen-bond acceptors (Lipinski definition) is 8. The van der Waals surface area contributed by atoms with Gasteiger partial charge in [0, 0.05) is 29.8 Å². The van der Waals surface area contributed by atoms with Crippen LogP contribution in [0.2, 0.25) is 0 Å². The second-order valence-corrected chi connectivity index (χ2v) is 7.44. The van der Waals surface area contributed by atoms with Gasteiger partial charge < -0.3 is 9.15 Å². The van der Waals surface area contributed by atoms with E-state index in [2.05, 4.69) is 20.0 Å². The summed E-state index contributed by atoms with van der Waals surface area (Å²) in [7, 11) is 1.55. The predicted molar refractivity (Wildman–Crippen MR) is 116 cm³/mol. The zero-order valence-corrected chi connectivity index (χ0v) is 17.9. The summed E-state index contributed by atoms with van der Waals surface area (Å²) in [6.45, 7) is 3.75. The van der Waals surface area contributed by atoms with E-state index in [1.54, 1.807) is 26.1 Å². The third-order valence-electron chi connectivity index (χ3n) is 4.69. The average Bonchev–Trinajstić information content (AvgIpc) is 3.32. The molecule has 158 valence electrons. The Morgan fingerprint density at radius 3 is 2.55 bits per heavy atom. The number of amides is 1. The molecule has 0 fully saturated rings. The minimum atomic E-state index is -0.608. The average molecular weight is 437 g/mol. The summed E-state index contributed by atoms with van der Waals surface area (Å²) >= 11 is 1.02. The Labute approximate surface area is 181 Å². The first-order valence-corrected chi connectivity index (χ1v) is 10.3. The number of nitrogens with one attached hydrogen (secondary N) is 1. The molecular formula is C21H19N5O4S. The second kappa shape index (κ2) is 8.52. The Hall–Kier alpha value is -3.79. The van der Waals surface area contributed by atoms with E-state index in [0.717, 1.165) is 40.2 Å². The maximum Gasteiger partial charge on any atom is 0.437 e. The van der Waals surface area contributed by atoms with E-state index in [4.69, 9.17) is 9.15 Å². The molecule has 9 nitrogen and oxygen atoms in total. The van der Waals surface area contributed by atoms with Crippen molar-refractivity contribution in [3.05, 3.63) is 64.3 Å². The Kier molecular flexibility index (Phi) is 5.63. The molecule has 31 heavy (non-hydrogen) atoms. The highest BCUT2D eigenvalue weighted by molar-refractivity contribution is 7.07. The molecule has 0 bridgehead atoms. The number of nitrogens with zero attached hydrogens (tertiary/aromatic N) is 4. The zero-order valence-electron chi connectivity index (χ0n) is 17.1. The molecule has 0 spiro atoms. The maximum absolute atomic E-state index is 12.1. The first-order chi connectivity index (χ1) is 15.0. The van der Waals surface area contributed by atoms with Crippen LogP contribution in [0.3, 0.4) is 0 Å². The van der Waals surface area contributed by atoms with E-state index in [9.17, 15) is 9.59 Å². The second-order valence-electron chi connectivity index (χ2n) is 6.72. The van der Waals surface area contributed by atoms with Gasteiger partial charge in [-0.3, -0.25) is 5.32 Å². The van der Waals surface area contributed by atoms with Crippen LogP contribution in [-0.2, 0) is 13.5 Å². The van der Waals surface area contributed by atoms with Crippen LogP contribution in [0, 0.1) is 6.92 Å². The lowest BCUT2D eigenvalue weighted by Crippen LogP contribution is -2.16. The van der Waals surface area contributed by atoms with E-state index >= 15 is 0 Å². The van der Waals surface area contributed by atoms with Gasteiger partial charge in [0.15, 0.2) is 0 Å². The highest BCUT2D eigenvalue weighted by atomic mass is 32.1. The fourth-order valence-corrected chi connectivity index (χ4v) is 3.70. The molecule has 2 aromatic heterocycles. The van der Waals surface area contributed by atoms with Crippen molar-refractivity contribution in [3.8, 4) is 27.6 Å². The first-order valence-electron chi connectivity index (χ1n) is 9.51. The van der Waals surface area contributed by atoms with Gasteiger partial charge in [-0.05, 0) is 48.2 Å². The van der Waals surface area contributed by atoms with Crippen LogP contribution in [-0.4, -0.2) is 25.5 Å². The number of carbonyl (C=O) groups excluding carboxylic acids is 1. The Morgan fingerprint density at radius 1 is 1.19 bits per heavy atom. The number of benzene rings is 2. The van der Waals surface area contributed by atoms with Gasteiger partial charge in [-0.15, -0.1) is 10.2 Å². The van der Waals surface area contributed by atoms with Crippen LogP contribution in [0.25, 0.3) is 22.6 Å². The monoisotopic (exact) mass is 437 g/mol. The topological polar surface area (TPSA) is 112 Å². The highest BCUT2D eigenvalue weighted by Gasteiger charge is 2.16. The molecule has 0 atom stereocenters. The Morgan fingerprint density at radius 2 is 1.94 bits per heavy atom. The molecule has 0 aliphatic rings. The Bertz CT molecular complexity index is 1290. The molecule has 0 aliphatic heterocycles. The number of carbonyl (C=O) groups is 1. The molecule has 0 saturated carbocycles. The third kappa shape index (κ3) is 4.24. The van der Waals surface area contributed by atoms with Crippen LogP contribution in [0.4, 0.5) is 10.5 Å². The molecule has 4 rings (SSSR count). The van der Waals surface area contributed by atoms with Crippen molar-refractivity contribution in [2.24, 2.45) is 7.05 Å². The quantitative estimate of drug-likeness (QED) is 0.501. The van der Waals surface area contributed by atoms with Gasteiger partial charge in [0.2, 0.25) is 11.0 Å². The van der Waals surface area contributed by atoms with Gasteiger partial charge in [-0.2, -0.15) is 4.68 Å². The van der Waals surface area contributed by atoms with Crippen LogP contribution in [0.5, 0.6) is 5.06 Å². The lowest BCUT2D eigenvalue weighted by molar-refractivity contribution is 0.216. The SMILES string of the molecule is CCc1c(-c2ccc(NC(=O)Oc3snnc3C)cc2)cccc1-c1nn(C)c(=O)o1. The van der Waals surface area contributed by atoms with Crippen molar-refractivity contribution in [3.63, 3.8) is 0 Å². The van der Waals surface area contributed by atoms with Crippen molar-refractivity contribution >= 4 is 23.3 Å². The molecule has 0 aliphatic carbocycles. The number of aryl methyl sites for hydroxylation is 2. The predicted octanol–water partition coefficient (Wildman–Crippen LogP) is 4.04. The number of ether oxygens (including phenoxy) is 1. The van der Waals surface area contributed by atoms with Gasteiger partial charge >= 0.3 is 11.8 Å². The molecule has 1 amide bonds. The van der Waals surface area contributed by atoms with Gasteiger partial charge in [0.1, 0.15) is 5.69 Å². The van der Waals surface area contributed by atoms with Crippen LogP contribution in [0.1, 0.15) is 18.2 Å². The normalized spacial score (nSPS) is 10.8. The summed E-state index contributed by atoms with van der Waals surface area (Å²) < 4.78 is 15.4. The lowest BCUT2D eigenvalue weighted by Gasteiger charge is -2.12. The van der Waals surface area contributed by atoms with Crippen LogP contribution < -0.4 is 15.8 Å². The molecule has 0 saturated heterocycles. The standard InChI is InChI=1S/C21H19N5O4S/c1-4-15-16(6-5-7-17(15)18-24-26(3)21(28)29-18)13-8-10-14(11-9-13)22-20(27)30-19-12(2)23-25-31-19/h5-11H,4H2,1-3H3,(H,22,27). The van der Waals surface area contributed by atoms with Gasteiger partial charge in [0.05, 0.1) is 0 Å². The third-order valence-corrected chi connectivity index (χ3v) is 5.39. The Balaban J connectivity index is 1.57. The summed E-state index contributed by atoms with van der Waals surface area (Å²) in [6.07, 6.45) is 0.115. The molecule has 2 heterocycles. The fourth-order valence-electron chi connectivity index (χ4n) is 3.17. The van der Waals surface area contributed by atoms with Gasteiger partial charge in [-0.1, -0.05) is 35.7 Å². The van der Waals surface area contributed by atoms with E-state index in [0.29, 0.717) is 22.3 Å².